The lowest BCUT2D eigenvalue weighted by Gasteiger charge is -2.35. The van der Waals surface area contributed by atoms with Crippen LogP contribution in [0.5, 0.6) is 0 Å². The standard InChI is InChI=1S/C14H18ClF3N2.2ClH/c15-12-3-1-2-11(10-12)13(4-5-14(16,17)18)20-8-6-19-7-9-20;;/h1-3,10,13,19H,4-9H2;2*1H/t13-;;/m0../s1. The molecule has 0 aliphatic carbocycles. The first-order valence-electron chi connectivity index (χ1n) is 6.73. The van der Waals surface area contributed by atoms with E-state index in [1.54, 1.807) is 18.2 Å². The van der Waals surface area contributed by atoms with Crippen LogP contribution >= 0.6 is 36.4 Å². The second-order valence-corrected chi connectivity index (χ2v) is 5.45. The van der Waals surface area contributed by atoms with Crippen LogP contribution in [0.2, 0.25) is 5.02 Å². The number of alkyl halides is 3. The van der Waals surface area contributed by atoms with Gasteiger partial charge >= 0.3 is 6.18 Å². The predicted octanol–water partition coefficient (Wildman–Crippen LogP) is 4.47. The third-order valence-electron chi connectivity index (χ3n) is 3.53. The van der Waals surface area contributed by atoms with E-state index < -0.39 is 12.6 Å². The molecule has 0 saturated carbocycles. The smallest absolute Gasteiger partial charge is 0.314 e. The van der Waals surface area contributed by atoms with Crippen molar-refractivity contribution in [3.8, 4) is 0 Å². The van der Waals surface area contributed by atoms with E-state index in [0.717, 1.165) is 31.7 Å². The number of halogens is 6. The molecule has 0 bridgehead atoms. The summed E-state index contributed by atoms with van der Waals surface area (Å²) in [5.74, 6) is 0. The number of nitrogens with zero attached hydrogens (tertiary/aromatic N) is 1. The molecule has 0 unspecified atom stereocenters. The highest BCUT2D eigenvalue weighted by Gasteiger charge is 2.31. The number of hydrogen-bond donors (Lipinski definition) is 1. The van der Waals surface area contributed by atoms with Crippen molar-refractivity contribution < 1.29 is 13.2 Å². The molecule has 2 nitrogen and oxygen atoms in total. The molecule has 8 heteroatoms. The van der Waals surface area contributed by atoms with E-state index in [1.807, 2.05) is 6.07 Å². The highest BCUT2D eigenvalue weighted by Crippen LogP contribution is 2.32. The van der Waals surface area contributed by atoms with Crippen LogP contribution in [0, 0.1) is 0 Å². The average Bonchev–Trinajstić information content (AvgIpc) is 2.39. The van der Waals surface area contributed by atoms with Crippen LogP contribution in [0.15, 0.2) is 24.3 Å². The van der Waals surface area contributed by atoms with E-state index in [1.165, 1.54) is 0 Å². The van der Waals surface area contributed by atoms with Crippen LogP contribution in [-0.4, -0.2) is 37.3 Å². The molecule has 0 radical (unpaired) electrons. The van der Waals surface area contributed by atoms with Crippen molar-refractivity contribution >= 4 is 36.4 Å². The monoisotopic (exact) mass is 378 g/mol. The Labute approximate surface area is 146 Å². The molecule has 1 aromatic carbocycles. The van der Waals surface area contributed by atoms with Crippen LogP contribution in [-0.2, 0) is 0 Å². The van der Waals surface area contributed by atoms with Crippen molar-refractivity contribution in [3.05, 3.63) is 34.9 Å². The number of nitrogens with one attached hydrogen (secondary N) is 1. The van der Waals surface area contributed by atoms with E-state index >= 15 is 0 Å². The van der Waals surface area contributed by atoms with Gasteiger partial charge in [0.05, 0.1) is 0 Å². The van der Waals surface area contributed by atoms with Gasteiger partial charge in [0.15, 0.2) is 0 Å². The molecule has 0 spiro atoms. The maximum Gasteiger partial charge on any atom is 0.389 e. The topological polar surface area (TPSA) is 15.3 Å². The maximum absolute atomic E-state index is 12.5. The predicted molar refractivity (Wildman–Crippen MR) is 88.4 cm³/mol. The Morgan fingerprint density at radius 3 is 2.36 bits per heavy atom. The Bertz CT molecular complexity index is 438. The first-order valence-corrected chi connectivity index (χ1v) is 7.10. The van der Waals surface area contributed by atoms with Crippen molar-refractivity contribution in [1.82, 2.24) is 10.2 Å². The van der Waals surface area contributed by atoms with E-state index in [4.69, 9.17) is 11.6 Å². The van der Waals surface area contributed by atoms with Gasteiger partial charge in [-0.2, -0.15) is 13.2 Å². The van der Waals surface area contributed by atoms with Crippen molar-refractivity contribution in [3.63, 3.8) is 0 Å². The molecular weight excluding hydrogens is 360 g/mol. The second-order valence-electron chi connectivity index (χ2n) is 5.01. The van der Waals surface area contributed by atoms with E-state index in [0.29, 0.717) is 5.02 Å². The summed E-state index contributed by atoms with van der Waals surface area (Å²) >= 11 is 5.96. The summed E-state index contributed by atoms with van der Waals surface area (Å²) in [6.07, 6.45) is -4.82. The van der Waals surface area contributed by atoms with Crippen LogP contribution < -0.4 is 5.32 Å². The zero-order valence-electron chi connectivity index (χ0n) is 11.9. The minimum absolute atomic E-state index is 0. The Hall–Kier alpha value is -0.200. The summed E-state index contributed by atoms with van der Waals surface area (Å²) in [7, 11) is 0. The maximum atomic E-state index is 12.5. The normalized spacial score (nSPS) is 17.3. The molecule has 1 aliphatic rings. The average molecular weight is 380 g/mol. The Balaban J connectivity index is 0.00000220. The first kappa shape index (κ1) is 21.8. The van der Waals surface area contributed by atoms with Gasteiger partial charge in [-0.1, -0.05) is 23.7 Å². The zero-order valence-corrected chi connectivity index (χ0v) is 14.3. The third-order valence-corrected chi connectivity index (χ3v) is 3.76. The van der Waals surface area contributed by atoms with Crippen LogP contribution in [0.4, 0.5) is 13.2 Å². The van der Waals surface area contributed by atoms with Gasteiger partial charge in [0.2, 0.25) is 0 Å². The van der Waals surface area contributed by atoms with Gasteiger partial charge in [-0.05, 0) is 24.1 Å². The lowest BCUT2D eigenvalue weighted by atomic mass is 9.99. The van der Waals surface area contributed by atoms with Crippen molar-refractivity contribution in [2.24, 2.45) is 0 Å². The molecule has 2 rings (SSSR count). The second kappa shape index (κ2) is 9.83. The van der Waals surface area contributed by atoms with E-state index in [9.17, 15) is 13.2 Å². The lowest BCUT2D eigenvalue weighted by Crippen LogP contribution is -2.45. The third kappa shape index (κ3) is 6.92. The molecule has 1 aliphatic heterocycles. The van der Waals surface area contributed by atoms with Gasteiger partial charge < -0.3 is 5.32 Å². The molecule has 1 N–H and O–H groups in total. The highest BCUT2D eigenvalue weighted by atomic mass is 35.5. The molecule has 128 valence electrons. The van der Waals surface area contributed by atoms with E-state index in [-0.39, 0.29) is 37.3 Å². The first-order chi connectivity index (χ1) is 9.46. The molecule has 1 fully saturated rings. The highest BCUT2D eigenvalue weighted by molar-refractivity contribution is 6.30. The molecule has 0 aromatic heterocycles. The summed E-state index contributed by atoms with van der Waals surface area (Å²) < 4.78 is 37.6. The minimum Gasteiger partial charge on any atom is -0.314 e. The van der Waals surface area contributed by atoms with Crippen molar-refractivity contribution in [2.45, 2.75) is 25.1 Å². The Kier molecular flexibility index (Phi) is 9.74. The molecule has 1 atom stereocenters. The summed E-state index contributed by atoms with van der Waals surface area (Å²) in [6.45, 7) is 3.14. The van der Waals surface area contributed by atoms with Crippen LogP contribution in [0.1, 0.15) is 24.4 Å². The molecular formula is C14H20Cl3F3N2. The van der Waals surface area contributed by atoms with Gasteiger partial charge in [0.25, 0.3) is 0 Å². The van der Waals surface area contributed by atoms with Crippen molar-refractivity contribution in [1.29, 1.82) is 0 Å². The number of hydrogen-bond acceptors (Lipinski definition) is 2. The quantitative estimate of drug-likeness (QED) is 0.830. The summed E-state index contributed by atoms with van der Waals surface area (Å²) in [5, 5.41) is 3.78. The molecule has 22 heavy (non-hydrogen) atoms. The number of benzene rings is 1. The fraction of sp³-hybridized carbons (Fsp3) is 0.571. The fourth-order valence-electron chi connectivity index (χ4n) is 2.57. The molecule has 1 aromatic rings. The van der Waals surface area contributed by atoms with Gasteiger partial charge in [0.1, 0.15) is 0 Å². The Morgan fingerprint density at radius 2 is 1.82 bits per heavy atom. The van der Waals surface area contributed by atoms with Gasteiger partial charge in [0, 0.05) is 43.7 Å². The lowest BCUT2D eigenvalue weighted by molar-refractivity contribution is -0.138. The molecule has 1 heterocycles. The van der Waals surface area contributed by atoms with E-state index in [2.05, 4.69) is 10.2 Å². The number of piperazine rings is 1. The minimum atomic E-state index is -4.12. The zero-order chi connectivity index (χ0) is 14.6. The summed E-state index contributed by atoms with van der Waals surface area (Å²) in [5.41, 5.74) is 0.864. The van der Waals surface area contributed by atoms with Crippen LogP contribution in [0.25, 0.3) is 0 Å². The van der Waals surface area contributed by atoms with Crippen LogP contribution in [0.3, 0.4) is 0 Å². The van der Waals surface area contributed by atoms with Gasteiger partial charge in [-0.25, -0.2) is 0 Å². The summed E-state index contributed by atoms with van der Waals surface area (Å²) in [6, 6.07) is 6.93. The molecule has 0 amide bonds. The fourth-order valence-corrected chi connectivity index (χ4v) is 2.77. The van der Waals surface area contributed by atoms with Crippen molar-refractivity contribution in [2.75, 3.05) is 26.2 Å². The van der Waals surface area contributed by atoms with Gasteiger partial charge in [-0.15, -0.1) is 24.8 Å². The Morgan fingerprint density at radius 1 is 1.18 bits per heavy atom. The SMILES string of the molecule is Cl.Cl.FC(F)(F)CC[C@@H](c1cccc(Cl)c1)N1CCNCC1. The largest absolute Gasteiger partial charge is 0.389 e. The summed E-state index contributed by atoms with van der Waals surface area (Å²) in [4.78, 5) is 2.11. The number of rotatable bonds is 4. The molecule has 1 saturated heterocycles. The van der Waals surface area contributed by atoms with Gasteiger partial charge in [-0.3, -0.25) is 4.90 Å².